The topological polar surface area (TPSA) is 207 Å². The van der Waals surface area contributed by atoms with E-state index in [1.165, 1.54) is 19.1 Å². The van der Waals surface area contributed by atoms with Crippen molar-refractivity contribution in [3.8, 4) is 17.2 Å². The van der Waals surface area contributed by atoms with Crippen molar-refractivity contribution in [2.75, 3.05) is 0 Å². The Bertz CT molecular complexity index is 1830. The Hall–Kier alpha value is -4.61. The average Bonchev–Trinajstić information content (AvgIpc) is 3.12. The van der Waals surface area contributed by atoms with E-state index in [1.54, 1.807) is 6.92 Å². The van der Waals surface area contributed by atoms with E-state index >= 15 is 0 Å². The summed E-state index contributed by atoms with van der Waals surface area (Å²) in [4.78, 5) is 68.0. The van der Waals surface area contributed by atoms with Crippen molar-refractivity contribution in [2.45, 2.75) is 43.8 Å². The van der Waals surface area contributed by atoms with Crippen LogP contribution in [-0.2, 0) is 9.59 Å². The molecule has 2 unspecified atom stereocenters. The highest BCUT2D eigenvalue weighted by molar-refractivity contribution is 6.29. The summed E-state index contributed by atoms with van der Waals surface area (Å²) in [6.07, 6.45) is -2.16. The number of hydrogen-bond acceptors (Lipinski definition) is 11. The number of aliphatic hydroxyl groups excluding tert-OH is 2. The molecule has 0 saturated heterocycles. The summed E-state index contributed by atoms with van der Waals surface area (Å²) in [6.45, 7) is 2.85. The second kappa shape index (κ2) is 6.93. The van der Waals surface area contributed by atoms with E-state index in [9.17, 15) is 54.6 Å². The molecule has 202 valence electrons. The molecule has 6 N–H and O–H groups in total. The maximum Gasteiger partial charge on any atom is 0.193 e. The number of aliphatic hydroxyl groups is 3. The molecule has 0 radical (unpaired) electrons. The van der Waals surface area contributed by atoms with Gasteiger partial charge in [-0.25, -0.2) is 0 Å². The van der Waals surface area contributed by atoms with Crippen LogP contribution in [0.4, 0.5) is 0 Å². The van der Waals surface area contributed by atoms with Crippen LogP contribution in [-0.4, -0.2) is 71.3 Å². The molecule has 40 heavy (non-hydrogen) atoms. The van der Waals surface area contributed by atoms with Crippen LogP contribution >= 0.6 is 0 Å². The van der Waals surface area contributed by atoms with Crippen LogP contribution in [0.2, 0.25) is 0 Å². The number of ketones is 5. The van der Waals surface area contributed by atoms with Gasteiger partial charge >= 0.3 is 0 Å². The Labute approximate surface area is 224 Å². The predicted octanol–water partition coefficient (Wildman–Crippen LogP) is 1.42. The maximum absolute atomic E-state index is 14.2. The van der Waals surface area contributed by atoms with Crippen molar-refractivity contribution in [1.29, 1.82) is 0 Å². The van der Waals surface area contributed by atoms with Gasteiger partial charge in [0.25, 0.3) is 0 Å². The molecule has 11 nitrogen and oxygen atoms in total. The number of rotatable bonds is 0. The molecule has 0 aliphatic heterocycles. The molecule has 5 aliphatic rings. The van der Waals surface area contributed by atoms with Gasteiger partial charge in [-0.3, -0.25) is 24.0 Å². The number of phenolic OH excluding ortho intramolecular Hbond substituents is 3. The third-order valence-electron chi connectivity index (χ3n) is 9.28. The molecule has 2 aromatic carbocycles. The quantitative estimate of drug-likeness (QED) is 0.261. The van der Waals surface area contributed by atoms with E-state index in [1.807, 2.05) is 0 Å². The Morgan fingerprint density at radius 2 is 1.52 bits per heavy atom. The largest absolute Gasteiger partial charge is 0.507 e. The lowest BCUT2D eigenvalue weighted by Crippen LogP contribution is -2.69. The number of carbonyl (C=O) groups excluding carboxylic acids is 5. The molecule has 0 aromatic heterocycles. The third kappa shape index (κ3) is 2.23. The minimum absolute atomic E-state index is 0.0726. The molecule has 7 rings (SSSR count). The van der Waals surface area contributed by atoms with Gasteiger partial charge in [0, 0.05) is 28.7 Å². The average molecular weight is 544 g/mol. The highest BCUT2D eigenvalue weighted by Gasteiger charge is 2.81. The fourth-order valence-electron chi connectivity index (χ4n) is 7.75. The van der Waals surface area contributed by atoms with Gasteiger partial charge in [0.2, 0.25) is 0 Å². The van der Waals surface area contributed by atoms with Crippen molar-refractivity contribution >= 4 is 34.7 Å². The monoisotopic (exact) mass is 544 g/mol. The first-order valence-corrected chi connectivity index (χ1v) is 12.4. The lowest BCUT2D eigenvalue weighted by atomic mass is 9.47. The standard InChI is InChI=1S/C29H20O11/c1-7-3-9-13(10(30)4-7)24(36)20-25(37)18-15-16(19-12(32)6-28(20,26(9)38)29(19,40)27(18)39)23(35)17-14(22(15)34)11(31)5-8(2)21(17)33/h3-5,18-19,27,30,34-36,39-40H,6H2,1-2H3/t18-,19?,27+,28-,29?/m1/s1. The first kappa shape index (κ1) is 24.4. The van der Waals surface area contributed by atoms with Crippen molar-refractivity contribution in [3.05, 3.63) is 68.3 Å². The SMILES string of the molecule is CC1=CC(=O)c2c(O)c3c(c(O)c2C1=O)C1C(=O)C[C@]24C(=O)c5cc(C)cc(O)c5C(O)=C2C(=O)[C@@H]3[C@H](O)C14O. The van der Waals surface area contributed by atoms with E-state index < -0.39 is 121 Å². The van der Waals surface area contributed by atoms with Gasteiger partial charge in [0.05, 0.1) is 40.2 Å². The Kier molecular flexibility index (Phi) is 4.23. The highest BCUT2D eigenvalue weighted by atomic mass is 16.4. The van der Waals surface area contributed by atoms with Crippen molar-refractivity contribution in [1.82, 2.24) is 0 Å². The molecular formula is C29H20O11. The number of benzene rings is 2. The smallest absolute Gasteiger partial charge is 0.193 e. The molecule has 0 heterocycles. The molecule has 1 spiro atoms. The van der Waals surface area contributed by atoms with Gasteiger partial charge in [-0.15, -0.1) is 0 Å². The predicted molar refractivity (Wildman–Crippen MR) is 132 cm³/mol. The number of aryl methyl sites for hydroxylation is 1. The molecule has 2 aromatic rings. The fraction of sp³-hybridized carbons (Fsp3) is 0.276. The lowest BCUT2D eigenvalue weighted by Gasteiger charge is -2.56. The van der Waals surface area contributed by atoms with E-state index in [2.05, 4.69) is 0 Å². The highest BCUT2D eigenvalue weighted by Crippen LogP contribution is 2.71. The summed E-state index contributed by atoms with van der Waals surface area (Å²) in [7, 11) is 0. The zero-order valence-corrected chi connectivity index (χ0v) is 20.9. The number of phenols is 3. The lowest BCUT2D eigenvalue weighted by molar-refractivity contribution is -0.167. The van der Waals surface area contributed by atoms with Gasteiger partial charge < -0.3 is 30.6 Å². The van der Waals surface area contributed by atoms with Crippen molar-refractivity contribution in [2.24, 2.45) is 5.41 Å². The van der Waals surface area contributed by atoms with E-state index in [4.69, 9.17) is 0 Å². The minimum atomic E-state index is -2.82. The van der Waals surface area contributed by atoms with Crippen LogP contribution in [0.3, 0.4) is 0 Å². The number of allylic oxidation sites excluding steroid dienone is 2. The first-order valence-electron chi connectivity index (χ1n) is 12.4. The zero-order valence-electron chi connectivity index (χ0n) is 20.9. The molecule has 2 saturated carbocycles. The first-order chi connectivity index (χ1) is 18.7. The van der Waals surface area contributed by atoms with E-state index in [0.717, 1.165) is 6.08 Å². The molecule has 5 atom stereocenters. The van der Waals surface area contributed by atoms with Crippen LogP contribution in [0.15, 0.2) is 29.4 Å². The zero-order chi connectivity index (χ0) is 29.0. The van der Waals surface area contributed by atoms with Crippen molar-refractivity contribution < 1.29 is 54.6 Å². The normalized spacial score (nSPS) is 31.6. The van der Waals surface area contributed by atoms with Crippen LogP contribution in [0.5, 0.6) is 17.2 Å². The Balaban J connectivity index is 1.65. The van der Waals surface area contributed by atoms with E-state index in [0.29, 0.717) is 5.56 Å². The summed E-state index contributed by atoms with van der Waals surface area (Å²) in [5, 5.41) is 68.5. The maximum atomic E-state index is 14.2. The van der Waals surface area contributed by atoms with Crippen LogP contribution in [0, 0.1) is 12.3 Å². The van der Waals surface area contributed by atoms with Crippen LogP contribution in [0.25, 0.3) is 5.76 Å². The van der Waals surface area contributed by atoms with Gasteiger partial charge in [-0.2, -0.15) is 0 Å². The summed E-state index contributed by atoms with van der Waals surface area (Å²) >= 11 is 0. The van der Waals surface area contributed by atoms with Gasteiger partial charge in [0.1, 0.15) is 39.8 Å². The summed E-state index contributed by atoms with van der Waals surface area (Å²) < 4.78 is 0. The van der Waals surface area contributed by atoms with Gasteiger partial charge in [-0.05, 0) is 37.6 Å². The molecular weight excluding hydrogens is 524 g/mol. The van der Waals surface area contributed by atoms with E-state index in [-0.39, 0.29) is 11.1 Å². The Morgan fingerprint density at radius 3 is 2.20 bits per heavy atom. The summed E-state index contributed by atoms with van der Waals surface area (Å²) in [6, 6.07) is 2.55. The number of aromatic hydroxyl groups is 3. The van der Waals surface area contributed by atoms with Gasteiger partial charge in [0.15, 0.2) is 23.1 Å². The molecule has 5 aliphatic carbocycles. The summed E-state index contributed by atoms with van der Waals surface area (Å²) in [5.41, 5.74) is -8.78. The minimum Gasteiger partial charge on any atom is -0.507 e. The van der Waals surface area contributed by atoms with Crippen LogP contribution < -0.4 is 0 Å². The molecule has 11 heteroatoms. The second-order valence-electron chi connectivity index (χ2n) is 11.1. The molecule has 2 fully saturated rings. The number of hydrogen-bond donors (Lipinski definition) is 6. The van der Waals surface area contributed by atoms with Crippen LogP contribution in [0.1, 0.15) is 78.5 Å². The number of Topliss-reactive ketones (excluding diaryl/α,β-unsaturated/α-hetero) is 4. The molecule has 0 amide bonds. The fourth-order valence-corrected chi connectivity index (χ4v) is 7.75. The van der Waals surface area contributed by atoms with Gasteiger partial charge in [-0.1, -0.05) is 0 Å². The second-order valence-corrected chi connectivity index (χ2v) is 11.1. The Morgan fingerprint density at radius 1 is 0.875 bits per heavy atom. The number of carbonyl (C=O) groups is 5. The number of fused-ring (bicyclic) bond motifs is 6. The molecule has 2 bridgehead atoms. The third-order valence-corrected chi connectivity index (χ3v) is 9.28. The summed E-state index contributed by atoms with van der Waals surface area (Å²) in [5.74, 6) is -12.0. The van der Waals surface area contributed by atoms with Crippen molar-refractivity contribution in [3.63, 3.8) is 0 Å².